The number of nitrogens with one attached hydrogen (secondary N) is 2. The second-order valence-electron chi connectivity index (χ2n) is 5.94. The van der Waals surface area contributed by atoms with Gasteiger partial charge in [0.2, 0.25) is 0 Å². The van der Waals surface area contributed by atoms with Crippen LogP contribution < -0.4 is 20.1 Å². The molecular formula is C21H20FN3O3. The molecule has 0 radical (unpaired) electrons. The zero-order chi connectivity index (χ0) is 19.9. The molecule has 2 N–H and O–H groups in total. The molecule has 0 atom stereocenters. The van der Waals surface area contributed by atoms with Gasteiger partial charge in [0.15, 0.2) is 11.5 Å². The van der Waals surface area contributed by atoms with E-state index in [1.807, 2.05) is 0 Å². The van der Waals surface area contributed by atoms with Gasteiger partial charge in [0.05, 0.1) is 26.1 Å². The van der Waals surface area contributed by atoms with Gasteiger partial charge in [0.25, 0.3) is 5.91 Å². The van der Waals surface area contributed by atoms with Crippen LogP contribution in [0.5, 0.6) is 11.5 Å². The number of rotatable bonds is 7. The summed E-state index contributed by atoms with van der Waals surface area (Å²) in [4.78, 5) is 16.6. The predicted octanol–water partition coefficient (Wildman–Crippen LogP) is 4.10. The maximum absolute atomic E-state index is 12.9. The van der Waals surface area contributed by atoms with Crippen LogP contribution in [0.2, 0.25) is 0 Å². The Bertz CT molecular complexity index is 944. The van der Waals surface area contributed by atoms with Crippen LogP contribution in [0, 0.1) is 5.82 Å². The summed E-state index contributed by atoms with van der Waals surface area (Å²) >= 11 is 0. The van der Waals surface area contributed by atoms with Crippen LogP contribution >= 0.6 is 0 Å². The largest absolute Gasteiger partial charge is 0.493 e. The van der Waals surface area contributed by atoms with Crippen molar-refractivity contribution in [3.8, 4) is 11.5 Å². The third-order valence-corrected chi connectivity index (χ3v) is 4.06. The van der Waals surface area contributed by atoms with Crippen molar-refractivity contribution < 1.29 is 18.7 Å². The Morgan fingerprint density at radius 2 is 1.75 bits per heavy atom. The van der Waals surface area contributed by atoms with Gasteiger partial charge in [-0.2, -0.15) is 0 Å². The number of nitrogens with zero attached hydrogens (tertiary/aromatic N) is 1. The molecule has 6 nitrogen and oxygen atoms in total. The summed E-state index contributed by atoms with van der Waals surface area (Å²) in [6, 6.07) is 14.7. The van der Waals surface area contributed by atoms with Crippen molar-refractivity contribution in [2.24, 2.45) is 0 Å². The maximum atomic E-state index is 12.9. The highest BCUT2D eigenvalue weighted by Crippen LogP contribution is 2.27. The molecule has 0 fully saturated rings. The first kappa shape index (κ1) is 19.2. The molecule has 0 bridgehead atoms. The van der Waals surface area contributed by atoms with Crippen molar-refractivity contribution in [2.75, 3.05) is 24.9 Å². The van der Waals surface area contributed by atoms with E-state index in [4.69, 9.17) is 9.47 Å². The highest BCUT2D eigenvalue weighted by Gasteiger charge is 2.11. The number of aromatic nitrogens is 1. The van der Waals surface area contributed by atoms with Gasteiger partial charge >= 0.3 is 0 Å². The summed E-state index contributed by atoms with van der Waals surface area (Å²) in [5.41, 5.74) is 2.17. The number of hydrogen-bond acceptors (Lipinski definition) is 5. The molecule has 0 saturated heterocycles. The van der Waals surface area contributed by atoms with Crippen molar-refractivity contribution in [1.82, 2.24) is 4.98 Å². The Morgan fingerprint density at radius 1 is 1.00 bits per heavy atom. The SMILES string of the molecule is COc1ccc(C(=O)Nc2ccc(NCc3ccc(F)cc3)cn2)cc1OC. The fourth-order valence-corrected chi connectivity index (χ4v) is 2.54. The standard InChI is InChI=1S/C21H20FN3O3/c1-27-18-9-5-15(11-19(18)28-2)21(26)25-20-10-8-17(13-24-20)23-12-14-3-6-16(22)7-4-14/h3-11,13,23H,12H2,1-2H3,(H,24,25,26). The number of amides is 1. The number of hydrogen-bond donors (Lipinski definition) is 2. The Kier molecular flexibility index (Phi) is 6.06. The summed E-state index contributed by atoms with van der Waals surface area (Å²) in [7, 11) is 3.05. The highest BCUT2D eigenvalue weighted by molar-refractivity contribution is 6.04. The zero-order valence-corrected chi connectivity index (χ0v) is 15.5. The average Bonchev–Trinajstić information content (AvgIpc) is 2.73. The summed E-state index contributed by atoms with van der Waals surface area (Å²) in [6.07, 6.45) is 1.62. The van der Waals surface area contributed by atoms with Gasteiger partial charge < -0.3 is 20.1 Å². The Hall–Kier alpha value is -3.61. The fourth-order valence-electron chi connectivity index (χ4n) is 2.54. The van der Waals surface area contributed by atoms with Crippen LogP contribution in [-0.4, -0.2) is 25.1 Å². The minimum absolute atomic E-state index is 0.264. The van der Waals surface area contributed by atoms with Crippen LogP contribution in [0.15, 0.2) is 60.8 Å². The lowest BCUT2D eigenvalue weighted by atomic mass is 10.2. The monoisotopic (exact) mass is 381 g/mol. The molecule has 0 aliphatic rings. The van der Waals surface area contributed by atoms with Gasteiger partial charge in [-0.25, -0.2) is 9.37 Å². The van der Waals surface area contributed by atoms with Crippen LogP contribution in [0.25, 0.3) is 0 Å². The van der Waals surface area contributed by atoms with Gasteiger partial charge in [0, 0.05) is 12.1 Å². The summed E-state index contributed by atoms with van der Waals surface area (Å²) < 4.78 is 23.3. The normalized spacial score (nSPS) is 10.2. The minimum atomic E-state index is -0.305. The van der Waals surface area contributed by atoms with E-state index in [-0.39, 0.29) is 11.7 Å². The minimum Gasteiger partial charge on any atom is -0.493 e. The fraction of sp³-hybridized carbons (Fsp3) is 0.143. The lowest BCUT2D eigenvalue weighted by Crippen LogP contribution is -2.13. The maximum Gasteiger partial charge on any atom is 0.256 e. The van der Waals surface area contributed by atoms with E-state index in [9.17, 15) is 9.18 Å². The van der Waals surface area contributed by atoms with Gasteiger partial charge in [-0.05, 0) is 48.0 Å². The second kappa shape index (κ2) is 8.85. The Balaban J connectivity index is 1.60. The molecule has 1 aromatic heterocycles. The molecule has 0 unspecified atom stereocenters. The topological polar surface area (TPSA) is 72.5 Å². The molecule has 0 saturated carbocycles. The van der Waals surface area contributed by atoms with E-state index in [0.717, 1.165) is 11.3 Å². The molecule has 2 aromatic carbocycles. The van der Waals surface area contributed by atoms with E-state index in [0.29, 0.717) is 29.4 Å². The Morgan fingerprint density at radius 3 is 2.39 bits per heavy atom. The first-order valence-corrected chi connectivity index (χ1v) is 8.57. The van der Waals surface area contributed by atoms with Gasteiger partial charge in [-0.1, -0.05) is 12.1 Å². The molecule has 0 aliphatic heterocycles. The lowest BCUT2D eigenvalue weighted by molar-refractivity contribution is 0.102. The molecule has 1 amide bonds. The number of halogens is 1. The molecule has 7 heteroatoms. The summed E-state index contributed by atoms with van der Waals surface area (Å²) in [5, 5.41) is 5.93. The molecule has 28 heavy (non-hydrogen) atoms. The van der Waals surface area contributed by atoms with Crippen LogP contribution in [0.3, 0.4) is 0 Å². The van der Waals surface area contributed by atoms with Gasteiger partial charge in [-0.3, -0.25) is 4.79 Å². The Labute approximate surface area is 162 Å². The molecular weight excluding hydrogens is 361 g/mol. The van der Waals surface area contributed by atoms with Crippen LogP contribution in [-0.2, 0) is 6.54 Å². The van der Waals surface area contributed by atoms with E-state index in [1.54, 1.807) is 48.7 Å². The van der Waals surface area contributed by atoms with E-state index in [2.05, 4.69) is 15.6 Å². The average molecular weight is 381 g/mol. The zero-order valence-electron chi connectivity index (χ0n) is 15.5. The van der Waals surface area contributed by atoms with Gasteiger partial charge in [0.1, 0.15) is 11.6 Å². The number of benzene rings is 2. The van der Waals surface area contributed by atoms with Crippen molar-refractivity contribution in [3.05, 3.63) is 77.7 Å². The molecule has 0 aliphatic carbocycles. The molecule has 3 rings (SSSR count). The summed E-state index contributed by atoms with van der Waals surface area (Å²) in [5.74, 6) is 0.879. The molecule has 3 aromatic rings. The molecule has 144 valence electrons. The molecule has 1 heterocycles. The second-order valence-corrected chi connectivity index (χ2v) is 5.94. The number of carbonyl (C=O) groups excluding carboxylic acids is 1. The van der Waals surface area contributed by atoms with E-state index in [1.165, 1.54) is 26.4 Å². The number of ether oxygens (including phenoxy) is 2. The predicted molar refractivity (Wildman–Crippen MR) is 105 cm³/mol. The number of pyridine rings is 1. The van der Waals surface area contributed by atoms with Gasteiger partial charge in [-0.15, -0.1) is 0 Å². The lowest BCUT2D eigenvalue weighted by Gasteiger charge is -2.10. The smallest absolute Gasteiger partial charge is 0.256 e. The van der Waals surface area contributed by atoms with E-state index < -0.39 is 0 Å². The highest BCUT2D eigenvalue weighted by atomic mass is 19.1. The van der Waals surface area contributed by atoms with Crippen molar-refractivity contribution >= 4 is 17.4 Å². The number of anilines is 2. The van der Waals surface area contributed by atoms with Crippen molar-refractivity contribution in [3.63, 3.8) is 0 Å². The third-order valence-electron chi connectivity index (χ3n) is 4.06. The number of carbonyl (C=O) groups is 1. The van der Waals surface area contributed by atoms with Crippen LogP contribution in [0.4, 0.5) is 15.9 Å². The van der Waals surface area contributed by atoms with Crippen molar-refractivity contribution in [2.45, 2.75) is 6.54 Å². The third kappa shape index (κ3) is 4.76. The van der Waals surface area contributed by atoms with Crippen molar-refractivity contribution in [1.29, 1.82) is 0 Å². The quantitative estimate of drug-likeness (QED) is 0.645. The molecule has 0 spiro atoms. The first-order valence-electron chi connectivity index (χ1n) is 8.57. The number of methoxy groups -OCH3 is 2. The first-order chi connectivity index (χ1) is 13.6. The summed E-state index contributed by atoms with van der Waals surface area (Å²) in [6.45, 7) is 0.541. The van der Waals surface area contributed by atoms with E-state index >= 15 is 0 Å². The van der Waals surface area contributed by atoms with Crippen LogP contribution in [0.1, 0.15) is 15.9 Å².